The van der Waals surface area contributed by atoms with Gasteiger partial charge in [-0.2, -0.15) is 13.2 Å². The molecule has 1 heterocycles. The molecule has 0 atom stereocenters. The highest BCUT2D eigenvalue weighted by molar-refractivity contribution is 5.90. The van der Waals surface area contributed by atoms with Gasteiger partial charge in [0, 0.05) is 12.6 Å². The Hall–Kier alpha value is -2.64. The van der Waals surface area contributed by atoms with Crippen LogP contribution in [-0.4, -0.2) is 10.9 Å². The minimum absolute atomic E-state index is 0.0542. The lowest BCUT2D eigenvalue weighted by molar-refractivity contribution is -0.137. The van der Waals surface area contributed by atoms with E-state index in [1.54, 1.807) is 0 Å². The van der Waals surface area contributed by atoms with Crippen molar-refractivity contribution in [3.63, 3.8) is 0 Å². The number of H-pyrrole nitrogens is 1. The summed E-state index contributed by atoms with van der Waals surface area (Å²) in [6.45, 7) is 0. The number of benzene rings is 1. The molecule has 0 bridgehead atoms. The van der Waals surface area contributed by atoms with Gasteiger partial charge in [-0.3, -0.25) is 9.59 Å². The fraction of sp³-hybridized carbons (Fsp3) is 0.200. The number of hydrogen-bond acceptors (Lipinski definition) is 2. The molecule has 0 spiro atoms. The van der Waals surface area contributed by atoms with Gasteiger partial charge in [0.2, 0.25) is 5.91 Å². The molecule has 4 nitrogen and oxygen atoms in total. The van der Waals surface area contributed by atoms with Crippen LogP contribution in [0.5, 0.6) is 0 Å². The van der Waals surface area contributed by atoms with E-state index >= 15 is 0 Å². The maximum Gasteiger partial charge on any atom is 0.417 e. The van der Waals surface area contributed by atoms with Gasteiger partial charge in [0.25, 0.3) is 5.56 Å². The summed E-state index contributed by atoms with van der Waals surface area (Å²) in [6.07, 6.45) is -3.88. The van der Waals surface area contributed by atoms with Gasteiger partial charge in [0.15, 0.2) is 0 Å². The second kappa shape index (κ2) is 6.64. The molecule has 0 fully saturated rings. The molecule has 1 aromatic carbocycles. The van der Waals surface area contributed by atoms with E-state index in [2.05, 4.69) is 5.32 Å². The third-order valence-electron chi connectivity index (χ3n) is 3.06. The second-order valence-corrected chi connectivity index (χ2v) is 4.80. The standard InChI is InChI=1S/C15H12F4N2O2/c16-11-4-1-9(2-5-11)3-6-13(22)21-12-7-10(15(17,18)19)8-20-14(12)23/h1-2,4-5,7-8H,3,6H2,(H,20,23)(H,21,22). The number of carbonyl (C=O) groups excluding carboxylic acids is 1. The first kappa shape index (κ1) is 16.7. The summed E-state index contributed by atoms with van der Waals surface area (Å²) >= 11 is 0. The fourth-order valence-corrected chi connectivity index (χ4v) is 1.86. The minimum Gasteiger partial charge on any atom is -0.327 e. The lowest BCUT2D eigenvalue weighted by atomic mass is 10.1. The quantitative estimate of drug-likeness (QED) is 0.847. The van der Waals surface area contributed by atoms with Gasteiger partial charge in [0.1, 0.15) is 11.5 Å². The van der Waals surface area contributed by atoms with Crippen LogP contribution in [0, 0.1) is 5.82 Å². The summed E-state index contributed by atoms with van der Waals surface area (Å²) < 4.78 is 50.5. The van der Waals surface area contributed by atoms with E-state index in [0.29, 0.717) is 17.8 Å². The fourth-order valence-electron chi connectivity index (χ4n) is 1.86. The number of halogens is 4. The molecule has 2 aromatic rings. The highest BCUT2D eigenvalue weighted by atomic mass is 19.4. The zero-order valence-corrected chi connectivity index (χ0v) is 11.7. The Morgan fingerprint density at radius 3 is 2.43 bits per heavy atom. The van der Waals surface area contributed by atoms with Crippen LogP contribution in [0.4, 0.5) is 23.2 Å². The average Bonchev–Trinajstić information content (AvgIpc) is 2.48. The molecule has 23 heavy (non-hydrogen) atoms. The van der Waals surface area contributed by atoms with Crippen molar-refractivity contribution in [3.05, 3.63) is 63.8 Å². The summed E-state index contributed by atoms with van der Waals surface area (Å²) in [4.78, 5) is 25.1. The number of aromatic nitrogens is 1. The predicted octanol–water partition coefficient (Wildman–Crippen LogP) is 3.10. The molecule has 2 N–H and O–H groups in total. The Kier molecular flexibility index (Phi) is 4.83. The first-order valence-corrected chi connectivity index (χ1v) is 6.60. The van der Waals surface area contributed by atoms with Crippen LogP contribution in [0.3, 0.4) is 0 Å². The molecule has 1 aromatic heterocycles. The predicted molar refractivity (Wildman–Crippen MR) is 75.4 cm³/mol. The monoisotopic (exact) mass is 328 g/mol. The van der Waals surface area contributed by atoms with Crippen LogP contribution < -0.4 is 10.9 Å². The van der Waals surface area contributed by atoms with Gasteiger partial charge in [-0.15, -0.1) is 0 Å². The Labute approximate surface area is 128 Å². The number of hydrogen-bond donors (Lipinski definition) is 2. The zero-order chi connectivity index (χ0) is 17.0. The number of aromatic amines is 1. The maximum atomic E-state index is 12.7. The second-order valence-electron chi connectivity index (χ2n) is 4.80. The summed E-state index contributed by atoms with van der Waals surface area (Å²) in [6, 6.07) is 6.06. The van der Waals surface area contributed by atoms with E-state index < -0.39 is 34.7 Å². The number of pyridine rings is 1. The molecule has 8 heteroatoms. The van der Waals surface area contributed by atoms with Crippen LogP contribution in [0.1, 0.15) is 17.5 Å². The average molecular weight is 328 g/mol. The van der Waals surface area contributed by atoms with Crippen molar-refractivity contribution in [2.24, 2.45) is 0 Å². The molecule has 0 saturated carbocycles. The van der Waals surface area contributed by atoms with E-state index in [4.69, 9.17) is 0 Å². The Morgan fingerprint density at radius 1 is 1.17 bits per heavy atom. The van der Waals surface area contributed by atoms with Crippen molar-refractivity contribution in [2.75, 3.05) is 5.32 Å². The zero-order valence-electron chi connectivity index (χ0n) is 11.7. The molecular formula is C15H12F4N2O2. The topological polar surface area (TPSA) is 62.0 Å². The number of aryl methyl sites for hydroxylation is 1. The van der Waals surface area contributed by atoms with Crippen molar-refractivity contribution in [1.82, 2.24) is 4.98 Å². The smallest absolute Gasteiger partial charge is 0.327 e. The highest BCUT2D eigenvalue weighted by Gasteiger charge is 2.31. The van der Waals surface area contributed by atoms with Crippen LogP contribution in [-0.2, 0) is 17.4 Å². The van der Waals surface area contributed by atoms with Gasteiger partial charge < -0.3 is 10.3 Å². The first-order valence-electron chi connectivity index (χ1n) is 6.60. The van der Waals surface area contributed by atoms with Crippen LogP contribution in [0.25, 0.3) is 0 Å². The first-order chi connectivity index (χ1) is 10.8. The van der Waals surface area contributed by atoms with E-state index in [1.807, 2.05) is 4.98 Å². The van der Waals surface area contributed by atoms with E-state index in [9.17, 15) is 27.2 Å². The molecule has 0 saturated heterocycles. The number of alkyl halides is 3. The molecule has 1 amide bonds. The van der Waals surface area contributed by atoms with Crippen molar-refractivity contribution in [2.45, 2.75) is 19.0 Å². The van der Waals surface area contributed by atoms with E-state index in [0.717, 1.165) is 0 Å². The highest BCUT2D eigenvalue weighted by Crippen LogP contribution is 2.29. The van der Waals surface area contributed by atoms with Gasteiger partial charge >= 0.3 is 6.18 Å². The van der Waals surface area contributed by atoms with Gasteiger partial charge in [0.05, 0.1) is 5.56 Å². The summed E-state index contributed by atoms with van der Waals surface area (Å²) in [7, 11) is 0. The Balaban J connectivity index is 2.02. The number of anilines is 1. The summed E-state index contributed by atoms with van der Waals surface area (Å²) in [5, 5.41) is 2.15. The lowest BCUT2D eigenvalue weighted by Gasteiger charge is -2.09. The third-order valence-corrected chi connectivity index (χ3v) is 3.06. The third kappa shape index (κ3) is 4.67. The molecule has 0 unspecified atom stereocenters. The Morgan fingerprint density at radius 2 is 1.83 bits per heavy atom. The molecule has 122 valence electrons. The van der Waals surface area contributed by atoms with Crippen LogP contribution >= 0.6 is 0 Å². The number of nitrogens with one attached hydrogen (secondary N) is 2. The van der Waals surface area contributed by atoms with Crippen molar-refractivity contribution >= 4 is 11.6 Å². The number of rotatable bonds is 4. The SMILES string of the molecule is O=C(CCc1ccc(F)cc1)Nc1cc(C(F)(F)F)c[nH]c1=O. The van der Waals surface area contributed by atoms with Gasteiger partial charge in [-0.1, -0.05) is 12.1 Å². The van der Waals surface area contributed by atoms with Crippen LogP contribution in [0.2, 0.25) is 0 Å². The van der Waals surface area contributed by atoms with Gasteiger partial charge in [-0.05, 0) is 30.2 Å². The summed E-state index contributed by atoms with van der Waals surface area (Å²) in [5.74, 6) is -1.02. The molecule has 0 aliphatic rings. The number of carbonyl (C=O) groups is 1. The maximum absolute atomic E-state index is 12.7. The summed E-state index contributed by atoms with van der Waals surface area (Å²) in [5.41, 5.74) is -1.66. The van der Waals surface area contributed by atoms with Gasteiger partial charge in [-0.25, -0.2) is 4.39 Å². The molecule has 0 radical (unpaired) electrons. The van der Waals surface area contributed by atoms with E-state index in [1.165, 1.54) is 24.3 Å². The molecule has 0 aliphatic carbocycles. The largest absolute Gasteiger partial charge is 0.417 e. The number of amides is 1. The molecule has 2 rings (SSSR count). The van der Waals surface area contributed by atoms with Crippen molar-refractivity contribution < 1.29 is 22.4 Å². The van der Waals surface area contributed by atoms with Crippen molar-refractivity contribution in [1.29, 1.82) is 0 Å². The lowest BCUT2D eigenvalue weighted by Crippen LogP contribution is -2.21. The Bertz CT molecular complexity index is 751. The van der Waals surface area contributed by atoms with E-state index in [-0.39, 0.29) is 12.8 Å². The van der Waals surface area contributed by atoms with Crippen LogP contribution in [0.15, 0.2) is 41.3 Å². The molecular weight excluding hydrogens is 316 g/mol. The van der Waals surface area contributed by atoms with Crippen molar-refractivity contribution in [3.8, 4) is 0 Å². The normalized spacial score (nSPS) is 11.3. The minimum atomic E-state index is -4.63. The molecule has 0 aliphatic heterocycles.